The number of hydrogen-bond acceptors (Lipinski definition) is 5. The number of benzene rings is 1. The summed E-state index contributed by atoms with van der Waals surface area (Å²) in [7, 11) is 0. The first-order chi connectivity index (χ1) is 15.4. The van der Waals surface area contributed by atoms with Crippen molar-refractivity contribution in [1.29, 1.82) is 0 Å². The minimum Gasteiger partial charge on any atom is -0.459 e. The third kappa shape index (κ3) is 5.78. The molecule has 2 fully saturated rings. The molecular formula is C26H39Cl2N3O3. The predicted octanol–water partition coefficient (Wildman–Crippen LogP) is 4.92. The van der Waals surface area contributed by atoms with Crippen molar-refractivity contribution in [2.45, 2.75) is 77.6 Å². The topological polar surface area (TPSA) is 54.8 Å². The first kappa shape index (κ1) is 28.6. The highest BCUT2D eigenvalue weighted by molar-refractivity contribution is 5.94. The maximum absolute atomic E-state index is 13.2. The molecule has 6 nitrogen and oxygen atoms in total. The Hall–Kier alpha value is -1.60. The number of likely N-dealkylation sites (N-methyl/N-ethyl adjacent to an activating group) is 1. The fourth-order valence-electron chi connectivity index (χ4n) is 5.64. The van der Waals surface area contributed by atoms with Crippen LogP contribution in [-0.2, 0) is 4.74 Å². The van der Waals surface area contributed by atoms with Crippen molar-refractivity contribution in [2.75, 3.05) is 26.2 Å². The van der Waals surface area contributed by atoms with Gasteiger partial charge in [-0.05, 0) is 57.3 Å². The van der Waals surface area contributed by atoms with Crippen LogP contribution < -0.4 is 5.56 Å². The van der Waals surface area contributed by atoms with E-state index in [1.165, 1.54) is 12.8 Å². The molecule has 2 aliphatic rings. The van der Waals surface area contributed by atoms with Crippen molar-refractivity contribution in [3.05, 3.63) is 46.2 Å². The van der Waals surface area contributed by atoms with E-state index in [1.54, 1.807) is 10.6 Å². The Morgan fingerprint density at radius 2 is 1.71 bits per heavy atom. The second kappa shape index (κ2) is 12.4. The van der Waals surface area contributed by atoms with E-state index in [1.807, 2.05) is 38.1 Å². The Morgan fingerprint density at radius 1 is 1.09 bits per heavy atom. The summed E-state index contributed by atoms with van der Waals surface area (Å²) in [5.41, 5.74) is 0.737. The molecule has 0 saturated carbocycles. The maximum Gasteiger partial charge on any atom is 0.344 e. The van der Waals surface area contributed by atoms with Crippen LogP contribution in [0.2, 0.25) is 0 Å². The Labute approximate surface area is 215 Å². The van der Waals surface area contributed by atoms with Gasteiger partial charge in [-0.3, -0.25) is 9.69 Å². The zero-order valence-electron chi connectivity index (χ0n) is 20.7. The molecule has 2 bridgehead atoms. The van der Waals surface area contributed by atoms with Crippen molar-refractivity contribution < 1.29 is 9.53 Å². The number of halogens is 2. The van der Waals surface area contributed by atoms with Crippen molar-refractivity contribution in [3.63, 3.8) is 0 Å². The molecule has 1 aromatic heterocycles. The van der Waals surface area contributed by atoms with Crippen LogP contribution in [-0.4, -0.2) is 64.7 Å². The van der Waals surface area contributed by atoms with E-state index >= 15 is 0 Å². The van der Waals surface area contributed by atoms with Crippen molar-refractivity contribution in [2.24, 2.45) is 0 Å². The Bertz CT molecular complexity index is 1010. The summed E-state index contributed by atoms with van der Waals surface area (Å²) in [5, 5.41) is 0.888. The van der Waals surface area contributed by atoms with E-state index in [2.05, 4.69) is 23.6 Å². The van der Waals surface area contributed by atoms with Crippen LogP contribution in [0, 0.1) is 0 Å². The fourth-order valence-corrected chi connectivity index (χ4v) is 5.64. The summed E-state index contributed by atoms with van der Waals surface area (Å²) in [6.45, 7) is 12.7. The van der Waals surface area contributed by atoms with Crippen molar-refractivity contribution in [3.8, 4) is 0 Å². The average Bonchev–Trinajstić information content (AvgIpc) is 3.01. The number of pyridine rings is 1. The van der Waals surface area contributed by atoms with Crippen LogP contribution in [0.3, 0.4) is 0 Å². The lowest BCUT2D eigenvalue weighted by Crippen LogP contribution is -2.48. The van der Waals surface area contributed by atoms with Gasteiger partial charge in [0.2, 0.25) is 0 Å². The molecule has 4 rings (SSSR count). The van der Waals surface area contributed by atoms with Gasteiger partial charge in [-0.15, -0.1) is 24.8 Å². The predicted molar refractivity (Wildman–Crippen MR) is 143 cm³/mol. The van der Waals surface area contributed by atoms with E-state index in [0.717, 1.165) is 49.9 Å². The van der Waals surface area contributed by atoms with Gasteiger partial charge in [-0.1, -0.05) is 32.0 Å². The molecular weight excluding hydrogens is 473 g/mol. The average molecular weight is 513 g/mol. The first-order valence-corrected chi connectivity index (χ1v) is 12.3. The van der Waals surface area contributed by atoms with E-state index in [9.17, 15) is 9.59 Å². The number of carbonyl (C=O) groups is 1. The highest BCUT2D eigenvalue weighted by Crippen LogP contribution is 2.37. The summed E-state index contributed by atoms with van der Waals surface area (Å²) in [4.78, 5) is 31.4. The smallest absolute Gasteiger partial charge is 0.344 e. The molecule has 0 aliphatic carbocycles. The SMILES string of the molecule is CCN(CC)CCN1[C@@H]2CC[C@H]1CC(OC(=O)c1cc3ccccc3n(C(C)C)c1=O)C2.Cl.Cl. The Morgan fingerprint density at radius 3 is 2.29 bits per heavy atom. The van der Waals surface area contributed by atoms with Gasteiger partial charge in [-0.2, -0.15) is 0 Å². The van der Waals surface area contributed by atoms with Crippen LogP contribution >= 0.6 is 24.8 Å². The molecule has 0 spiro atoms. The third-order valence-corrected chi connectivity index (χ3v) is 7.37. The Balaban J connectivity index is 0.00000204. The van der Waals surface area contributed by atoms with Crippen LogP contribution in [0.1, 0.15) is 69.8 Å². The molecule has 0 radical (unpaired) electrons. The quantitative estimate of drug-likeness (QED) is 0.470. The zero-order valence-corrected chi connectivity index (χ0v) is 22.4. The highest BCUT2D eigenvalue weighted by atomic mass is 35.5. The molecule has 2 saturated heterocycles. The van der Waals surface area contributed by atoms with Gasteiger partial charge in [0.05, 0.1) is 5.52 Å². The van der Waals surface area contributed by atoms with Gasteiger partial charge in [-0.25, -0.2) is 4.79 Å². The minimum absolute atomic E-state index is 0. The summed E-state index contributed by atoms with van der Waals surface area (Å²) in [6.07, 6.45) is 3.97. The molecule has 2 aliphatic heterocycles. The summed E-state index contributed by atoms with van der Waals surface area (Å²) >= 11 is 0. The lowest BCUT2D eigenvalue weighted by Gasteiger charge is -2.39. The first-order valence-electron chi connectivity index (χ1n) is 12.3. The van der Waals surface area contributed by atoms with E-state index < -0.39 is 5.97 Å². The van der Waals surface area contributed by atoms with Crippen LogP contribution in [0.25, 0.3) is 10.9 Å². The summed E-state index contributed by atoms with van der Waals surface area (Å²) < 4.78 is 7.65. The molecule has 1 aromatic carbocycles. The second-order valence-corrected chi connectivity index (χ2v) is 9.53. The number of aromatic nitrogens is 1. The number of hydrogen-bond donors (Lipinski definition) is 0. The van der Waals surface area contributed by atoms with E-state index in [0.29, 0.717) is 12.1 Å². The maximum atomic E-state index is 13.2. The number of carbonyl (C=O) groups excluding carboxylic acids is 1. The molecule has 34 heavy (non-hydrogen) atoms. The fraction of sp³-hybridized carbons (Fsp3) is 0.615. The number of esters is 1. The number of nitrogens with zero attached hydrogens (tertiary/aromatic N) is 3. The highest BCUT2D eigenvalue weighted by Gasteiger charge is 2.42. The van der Waals surface area contributed by atoms with Gasteiger partial charge in [0.25, 0.3) is 5.56 Å². The number of piperidine rings is 1. The van der Waals surface area contributed by atoms with Crippen LogP contribution in [0.15, 0.2) is 35.1 Å². The van der Waals surface area contributed by atoms with Crippen molar-refractivity contribution >= 4 is 41.7 Å². The molecule has 1 unspecified atom stereocenters. The molecule has 0 amide bonds. The van der Waals surface area contributed by atoms with Gasteiger partial charge >= 0.3 is 5.97 Å². The molecule has 8 heteroatoms. The third-order valence-electron chi connectivity index (χ3n) is 7.37. The zero-order chi connectivity index (χ0) is 22.8. The molecule has 2 aromatic rings. The second-order valence-electron chi connectivity index (χ2n) is 9.53. The molecule has 3 heterocycles. The monoisotopic (exact) mass is 511 g/mol. The van der Waals surface area contributed by atoms with Gasteiger partial charge in [0.1, 0.15) is 11.7 Å². The minimum atomic E-state index is -0.476. The van der Waals surface area contributed by atoms with Crippen LogP contribution in [0.4, 0.5) is 0 Å². The molecule has 190 valence electrons. The normalized spacial score (nSPS) is 22.0. The van der Waals surface area contributed by atoms with E-state index in [4.69, 9.17) is 4.74 Å². The number of ether oxygens (including phenoxy) is 1. The summed E-state index contributed by atoms with van der Waals surface area (Å²) in [5.74, 6) is -0.476. The largest absolute Gasteiger partial charge is 0.459 e. The van der Waals surface area contributed by atoms with E-state index in [-0.39, 0.29) is 48.1 Å². The summed E-state index contributed by atoms with van der Waals surface area (Å²) in [6, 6.07) is 10.3. The molecule has 3 atom stereocenters. The van der Waals surface area contributed by atoms with Gasteiger partial charge < -0.3 is 14.2 Å². The van der Waals surface area contributed by atoms with Crippen molar-refractivity contribution in [1.82, 2.24) is 14.4 Å². The van der Waals surface area contributed by atoms with Crippen LogP contribution in [0.5, 0.6) is 0 Å². The van der Waals surface area contributed by atoms with Gasteiger partial charge in [0.15, 0.2) is 0 Å². The number of para-hydroxylation sites is 1. The standard InChI is InChI=1S/C26H37N3O3.2ClH/c1-5-27(6-2)13-14-28-20-11-12-21(28)17-22(16-20)32-26(31)23-15-19-9-7-8-10-24(19)29(18(3)4)25(23)30;;/h7-10,15,18,20-22H,5-6,11-14,16-17H2,1-4H3;2*1H/t20-,21+,22?;;. The molecule has 0 N–H and O–H groups in total. The van der Waals surface area contributed by atoms with Gasteiger partial charge in [0, 0.05) is 44.1 Å². The number of fused-ring (bicyclic) bond motifs is 3. The lowest BCUT2D eigenvalue weighted by molar-refractivity contribution is -0.00778. The lowest BCUT2D eigenvalue weighted by atomic mass is 9.99. The number of rotatable bonds is 8. The Kier molecular flexibility index (Phi) is 10.4.